The topological polar surface area (TPSA) is 51.0 Å². The Hall–Kier alpha value is -2.17. The summed E-state index contributed by atoms with van der Waals surface area (Å²) >= 11 is 0. The van der Waals surface area contributed by atoms with Crippen LogP contribution in [0, 0.1) is 6.92 Å². The summed E-state index contributed by atoms with van der Waals surface area (Å²) in [6, 6.07) is 6.16. The van der Waals surface area contributed by atoms with Crippen LogP contribution < -0.4 is 0 Å². The number of rotatable bonds is 3. The van der Waals surface area contributed by atoms with Gasteiger partial charge in [0.1, 0.15) is 5.82 Å². The van der Waals surface area contributed by atoms with Gasteiger partial charge < -0.3 is 9.47 Å². The summed E-state index contributed by atoms with van der Waals surface area (Å²) in [5.41, 5.74) is 2.90. The van der Waals surface area contributed by atoms with Crippen LogP contribution in [0.15, 0.2) is 24.4 Å². The molecule has 116 valence electrons. The molecule has 0 saturated carbocycles. The smallest absolute Gasteiger partial charge is 0.222 e. The lowest BCUT2D eigenvalue weighted by atomic mass is 10.1. The van der Waals surface area contributed by atoms with Gasteiger partial charge in [0, 0.05) is 20.0 Å². The number of aryl methyl sites for hydroxylation is 1. The summed E-state index contributed by atoms with van der Waals surface area (Å²) in [6.07, 6.45) is 4.45. The Labute approximate surface area is 131 Å². The Kier molecular flexibility index (Phi) is 3.96. The van der Waals surface area contributed by atoms with Crippen LogP contribution in [0.4, 0.5) is 0 Å². The lowest BCUT2D eigenvalue weighted by molar-refractivity contribution is -0.131. The highest BCUT2D eigenvalue weighted by Gasteiger charge is 2.30. The highest BCUT2D eigenvalue weighted by atomic mass is 16.2. The lowest BCUT2D eigenvalue weighted by Gasteiger charge is -2.24. The van der Waals surface area contributed by atoms with Crippen LogP contribution in [0.5, 0.6) is 0 Å². The minimum absolute atomic E-state index is 0.113. The van der Waals surface area contributed by atoms with Crippen molar-refractivity contribution < 1.29 is 4.79 Å². The average molecular weight is 298 g/mol. The van der Waals surface area contributed by atoms with Crippen molar-refractivity contribution in [3.05, 3.63) is 35.9 Å². The van der Waals surface area contributed by atoms with Crippen molar-refractivity contribution in [2.24, 2.45) is 7.05 Å². The van der Waals surface area contributed by atoms with Gasteiger partial charge in [-0.05, 0) is 31.9 Å². The first kappa shape index (κ1) is 14.8. The van der Waals surface area contributed by atoms with E-state index in [9.17, 15) is 4.79 Å². The first-order valence-corrected chi connectivity index (χ1v) is 7.87. The molecule has 2 aromatic rings. The van der Waals surface area contributed by atoms with E-state index in [-0.39, 0.29) is 11.9 Å². The van der Waals surface area contributed by atoms with Crippen molar-refractivity contribution in [1.82, 2.24) is 19.4 Å². The zero-order valence-electron chi connectivity index (χ0n) is 13.4. The Morgan fingerprint density at radius 2 is 2.23 bits per heavy atom. The molecule has 1 aliphatic heterocycles. The summed E-state index contributed by atoms with van der Waals surface area (Å²) in [5, 5.41) is 0. The molecule has 0 aliphatic carbocycles. The number of nitrogens with zero attached hydrogens (tertiary/aromatic N) is 4. The number of amides is 1. The van der Waals surface area contributed by atoms with E-state index in [2.05, 4.69) is 4.98 Å². The standard InChI is InChI=1S/C17H22N4O/c1-4-17(22)21-10-6-9-15(21)13-7-5-8-14(19-13)16-11-18-12(2)20(16)3/h5,7-8,11,15H,4,6,9-10H2,1-3H3/t15-/m1/s1. The van der Waals surface area contributed by atoms with E-state index >= 15 is 0 Å². The number of likely N-dealkylation sites (tertiary alicyclic amines) is 1. The molecule has 0 unspecified atom stereocenters. The van der Waals surface area contributed by atoms with Crippen molar-refractivity contribution in [2.75, 3.05) is 6.54 Å². The summed E-state index contributed by atoms with van der Waals surface area (Å²) in [5.74, 6) is 1.18. The zero-order chi connectivity index (χ0) is 15.7. The number of carbonyl (C=O) groups excluding carboxylic acids is 1. The fourth-order valence-electron chi connectivity index (χ4n) is 3.10. The molecule has 0 bridgehead atoms. The average Bonchev–Trinajstić information content (AvgIpc) is 3.15. The third-order valence-corrected chi connectivity index (χ3v) is 4.47. The molecular formula is C17H22N4O. The Balaban J connectivity index is 1.94. The zero-order valence-corrected chi connectivity index (χ0v) is 13.4. The van der Waals surface area contributed by atoms with E-state index in [1.165, 1.54) is 0 Å². The second-order valence-electron chi connectivity index (χ2n) is 5.80. The van der Waals surface area contributed by atoms with Gasteiger partial charge in [-0.25, -0.2) is 9.97 Å². The fourth-order valence-corrected chi connectivity index (χ4v) is 3.10. The van der Waals surface area contributed by atoms with Crippen LogP contribution in [-0.4, -0.2) is 31.9 Å². The maximum Gasteiger partial charge on any atom is 0.222 e. The molecule has 3 heterocycles. The molecule has 22 heavy (non-hydrogen) atoms. The van der Waals surface area contributed by atoms with Gasteiger partial charge in [-0.2, -0.15) is 0 Å². The van der Waals surface area contributed by atoms with Crippen molar-refractivity contribution in [3.8, 4) is 11.4 Å². The molecule has 0 spiro atoms. The lowest BCUT2D eigenvalue weighted by Crippen LogP contribution is -2.30. The van der Waals surface area contributed by atoms with Gasteiger partial charge in [-0.15, -0.1) is 0 Å². The predicted octanol–water partition coefficient (Wildman–Crippen LogP) is 2.86. The van der Waals surface area contributed by atoms with Gasteiger partial charge in [0.2, 0.25) is 5.91 Å². The molecule has 3 rings (SSSR count). The van der Waals surface area contributed by atoms with Crippen molar-refractivity contribution in [1.29, 1.82) is 0 Å². The minimum atomic E-state index is 0.113. The summed E-state index contributed by atoms with van der Waals surface area (Å²) < 4.78 is 2.04. The number of imidazole rings is 1. The molecule has 0 aromatic carbocycles. The molecule has 1 amide bonds. The molecule has 5 nitrogen and oxygen atoms in total. The molecule has 1 saturated heterocycles. The second kappa shape index (κ2) is 5.91. The van der Waals surface area contributed by atoms with Crippen LogP contribution in [0.25, 0.3) is 11.4 Å². The molecule has 2 aromatic heterocycles. The first-order valence-electron chi connectivity index (χ1n) is 7.87. The molecule has 1 atom stereocenters. The highest BCUT2D eigenvalue weighted by molar-refractivity contribution is 5.76. The van der Waals surface area contributed by atoms with E-state index in [1.807, 2.05) is 54.8 Å². The van der Waals surface area contributed by atoms with Gasteiger partial charge in [-0.3, -0.25) is 4.79 Å². The SMILES string of the molecule is CCC(=O)N1CCC[C@@H]1c1cccc(-c2cnc(C)n2C)n1. The summed E-state index contributed by atoms with van der Waals surface area (Å²) in [4.78, 5) is 23.2. The third-order valence-electron chi connectivity index (χ3n) is 4.47. The quantitative estimate of drug-likeness (QED) is 0.875. The highest BCUT2D eigenvalue weighted by Crippen LogP contribution is 2.32. The third kappa shape index (κ3) is 2.51. The normalized spacial score (nSPS) is 18.0. The second-order valence-corrected chi connectivity index (χ2v) is 5.80. The molecule has 0 radical (unpaired) electrons. The van der Waals surface area contributed by atoms with Gasteiger partial charge in [0.05, 0.1) is 29.3 Å². The van der Waals surface area contributed by atoms with Gasteiger partial charge in [0.25, 0.3) is 0 Å². The van der Waals surface area contributed by atoms with Crippen LogP contribution in [-0.2, 0) is 11.8 Å². The Bertz CT molecular complexity index is 692. The molecule has 0 N–H and O–H groups in total. The van der Waals surface area contributed by atoms with Gasteiger partial charge in [-0.1, -0.05) is 13.0 Å². The van der Waals surface area contributed by atoms with Crippen LogP contribution in [0.2, 0.25) is 0 Å². The van der Waals surface area contributed by atoms with E-state index in [0.717, 1.165) is 42.3 Å². The van der Waals surface area contributed by atoms with E-state index in [1.54, 1.807) is 0 Å². The van der Waals surface area contributed by atoms with Crippen molar-refractivity contribution in [3.63, 3.8) is 0 Å². The number of aromatic nitrogens is 3. The van der Waals surface area contributed by atoms with Crippen LogP contribution in [0.3, 0.4) is 0 Å². The molecule has 5 heteroatoms. The van der Waals surface area contributed by atoms with Crippen LogP contribution >= 0.6 is 0 Å². The fraction of sp³-hybridized carbons (Fsp3) is 0.471. The van der Waals surface area contributed by atoms with Crippen molar-refractivity contribution in [2.45, 2.75) is 39.2 Å². The monoisotopic (exact) mass is 298 g/mol. The maximum atomic E-state index is 12.1. The Morgan fingerprint density at radius 3 is 2.91 bits per heavy atom. The van der Waals surface area contributed by atoms with Crippen molar-refractivity contribution >= 4 is 5.91 Å². The minimum Gasteiger partial charge on any atom is -0.334 e. The number of carbonyl (C=O) groups is 1. The van der Waals surface area contributed by atoms with Gasteiger partial charge >= 0.3 is 0 Å². The van der Waals surface area contributed by atoms with E-state index in [4.69, 9.17) is 4.98 Å². The summed E-state index contributed by atoms with van der Waals surface area (Å²) in [6.45, 7) is 4.74. The van der Waals surface area contributed by atoms with E-state index in [0.29, 0.717) is 6.42 Å². The Morgan fingerprint density at radius 1 is 1.41 bits per heavy atom. The number of pyridine rings is 1. The molecule has 1 aliphatic rings. The van der Waals surface area contributed by atoms with Crippen LogP contribution in [0.1, 0.15) is 43.7 Å². The molecule has 1 fully saturated rings. The molecular weight excluding hydrogens is 276 g/mol. The largest absolute Gasteiger partial charge is 0.334 e. The first-order chi connectivity index (χ1) is 10.6. The van der Waals surface area contributed by atoms with Gasteiger partial charge in [0.15, 0.2) is 0 Å². The predicted molar refractivity (Wildman–Crippen MR) is 85.2 cm³/mol. The van der Waals surface area contributed by atoms with E-state index < -0.39 is 0 Å². The number of hydrogen-bond donors (Lipinski definition) is 0. The number of hydrogen-bond acceptors (Lipinski definition) is 3. The maximum absolute atomic E-state index is 12.1. The summed E-state index contributed by atoms with van der Waals surface area (Å²) in [7, 11) is 1.99.